The van der Waals surface area contributed by atoms with Gasteiger partial charge in [0.15, 0.2) is 11.6 Å². The van der Waals surface area contributed by atoms with Gasteiger partial charge < -0.3 is 10.1 Å². The van der Waals surface area contributed by atoms with Crippen LogP contribution in [0.5, 0.6) is 11.5 Å². The van der Waals surface area contributed by atoms with Gasteiger partial charge in [-0.2, -0.15) is 5.26 Å². The average Bonchev–Trinajstić information content (AvgIpc) is 2.52. The summed E-state index contributed by atoms with van der Waals surface area (Å²) < 4.78 is 31.3. The molecule has 1 aromatic heterocycles. The van der Waals surface area contributed by atoms with Crippen molar-refractivity contribution < 1.29 is 18.3 Å². The van der Waals surface area contributed by atoms with Crippen LogP contribution in [0.4, 0.5) is 14.6 Å². The smallest absolute Gasteiger partial charge is 0.245 e. The van der Waals surface area contributed by atoms with E-state index in [4.69, 9.17) is 10.00 Å². The highest BCUT2D eigenvalue weighted by Crippen LogP contribution is 2.24. The minimum atomic E-state index is -1.18. The Hall–Kier alpha value is -3.01. The van der Waals surface area contributed by atoms with Crippen molar-refractivity contribution in [1.29, 1.82) is 5.26 Å². The minimum absolute atomic E-state index is 0.119. The number of amides is 1. The van der Waals surface area contributed by atoms with Gasteiger partial charge in [0.25, 0.3) is 0 Å². The molecule has 118 valence electrons. The summed E-state index contributed by atoms with van der Waals surface area (Å²) in [6, 6.07) is 8.01. The van der Waals surface area contributed by atoms with Gasteiger partial charge >= 0.3 is 0 Å². The van der Waals surface area contributed by atoms with Crippen LogP contribution in [-0.4, -0.2) is 10.9 Å². The van der Waals surface area contributed by atoms with Crippen molar-refractivity contribution in [2.45, 2.75) is 13.8 Å². The fraction of sp³-hybridized carbons (Fsp3) is 0.188. The Morgan fingerprint density at radius 2 is 1.91 bits per heavy atom. The summed E-state index contributed by atoms with van der Waals surface area (Å²) in [5.74, 6) is -1.81. The number of hydrogen-bond acceptors (Lipinski definition) is 4. The Labute approximate surface area is 131 Å². The third-order valence-corrected chi connectivity index (χ3v) is 2.95. The molecule has 7 heteroatoms. The van der Waals surface area contributed by atoms with E-state index in [1.54, 1.807) is 0 Å². The zero-order valence-electron chi connectivity index (χ0n) is 12.4. The average molecular weight is 317 g/mol. The Morgan fingerprint density at radius 3 is 2.48 bits per heavy atom. The van der Waals surface area contributed by atoms with Crippen LogP contribution in [-0.2, 0) is 4.79 Å². The van der Waals surface area contributed by atoms with Gasteiger partial charge in [0, 0.05) is 6.07 Å². The molecule has 0 bridgehead atoms. The normalized spacial score (nSPS) is 10.7. The maximum atomic E-state index is 13.1. The largest absolute Gasteiger partial charge is 0.456 e. The third-order valence-electron chi connectivity index (χ3n) is 2.95. The van der Waals surface area contributed by atoms with E-state index in [1.165, 1.54) is 38.2 Å². The number of nitrogens with zero attached hydrogens (tertiary/aromatic N) is 2. The predicted octanol–water partition coefficient (Wildman–Crippen LogP) is 3.64. The number of nitrogens with one attached hydrogen (secondary N) is 1. The van der Waals surface area contributed by atoms with E-state index in [9.17, 15) is 13.6 Å². The molecule has 0 unspecified atom stereocenters. The lowest BCUT2D eigenvalue weighted by Gasteiger charge is -2.14. The first-order valence-corrected chi connectivity index (χ1v) is 6.63. The standard InChI is InChI=1S/C16H13F2N3O2/c1-16(2,9-19)15(22)21-14-6-4-11(8-20-14)23-10-3-5-12(17)13(18)7-10/h3-8H,1-2H3,(H,20,21,22). The van der Waals surface area contributed by atoms with Gasteiger partial charge in [-0.1, -0.05) is 0 Å². The summed E-state index contributed by atoms with van der Waals surface area (Å²) in [6.07, 6.45) is 1.32. The van der Waals surface area contributed by atoms with E-state index in [2.05, 4.69) is 10.3 Å². The van der Waals surface area contributed by atoms with E-state index < -0.39 is 23.0 Å². The van der Waals surface area contributed by atoms with Gasteiger partial charge in [-0.15, -0.1) is 0 Å². The van der Waals surface area contributed by atoms with E-state index in [1.807, 2.05) is 6.07 Å². The van der Waals surface area contributed by atoms with Gasteiger partial charge in [-0.05, 0) is 38.1 Å². The lowest BCUT2D eigenvalue weighted by atomic mass is 9.95. The van der Waals surface area contributed by atoms with Gasteiger partial charge in [-0.3, -0.25) is 4.79 Å². The summed E-state index contributed by atoms with van der Waals surface area (Å²) in [6.45, 7) is 2.98. The molecule has 0 atom stereocenters. The molecule has 0 aliphatic carbocycles. The molecule has 1 aromatic carbocycles. The second-order valence-corrected chi connectivity index (χ2v) is 5.25. The number of ether oxygens (including phenoxy) is 1. The second kappa shape index (κ2) is 6.40. The van der Waals surface area contributed by atoms with Crippen LogP contribution >= 0.6 is 0 Å². The molecule has 1 heterocycles. The molecule has 0 aliphatic heterocycles. The maximum absolute atomic E-state index is 13.1. The van der Waals surface area contributed by atoms with E-state index >= 15 is 0 Å². The van der Waals surface area contributed by atoms with Crippen molar-refractivity contribution in [2.75, 3.05) is 5.32 Å². The molecule has 0 radical (unpaired) electrons. The zero-order chi connectivity index (χ0) is 17.0. The lowest BCUT2D eigenvalue weighted by Crippen LogP contribution is -2.29. The summed E-state index contributed by atoms with van der Waals surface area (Å²) >= 11 is 0. The zero-order valence-corrected chi connectivity index (χ0v) is 12.4. The van der Waals surface area contributed by atoms with Crippen molar-refractivity contribution >= 4 is 11.7 Å². The molecule has 0 fully saturated rings. The highest BCUT2D eigenvalue weighted by Gasteiger charge is 2.27. The molecule has 0 saturated heterocycles. The van der Waals surface area contributed by atoms with E-state index in [-0.39, 0.29) is 17.3 Å². The SMILES string of the molecule is CC(C)(C#N)C(=O)Nc1ccc(Oc2ccc(F)c(F)c2)cn1. The monoisotopic (exact) mass is 317 g/mol. The van der Waals surface area contributed by atoms with Crippen molar-refractivity contribution in [3.8, 4) is 17.6 Å². The molecular formula is C16H13F2N3O2. The summed E-state index contributed by atoms with van der Waals surface area (Å²) in [5, 5.41) is 11.4. The molecule has 1 N–H and O–H groups in total. The molecule has 0 aliphatic rings. The molecule has 0 spiro atoms. The quantitative estimate of drug-likeness (QED) is 0.934. The Morgan fingerprint density at radius 1 is 1.22 bits per heavy atom. The number of benzene rings is 1. The van der Waals surface area contributed by atoms with Gasteiger partial charge in [0.05, 0.1) is 12.3 Å². The number of nitriles is 1. The lowest BCUT2D eigenvalue weighted by molar-refractivity contribution is -0.121. The summed E-state index contributed by atoms with van der Waals surface area (Å²) in [7, 11) is 0. The number of rotatable bonds is 4. The fourth-order valence-electron chi connectivity index (χ4n) is 1.51. The molecule has 0 saturated carbocycles. The molecule has 5 nitrogen and oxygen atoms in total. The number of aromatic nitrogens is 1. The van der Waals surface area contributed by atoms with Crippen molar-refractivity contribution in [3.05, 3.63) is 48.2 Å². The molecular weight excluding hydrogens is 304 g/mol. The van der Waals surface area contributed by atoms with Crippen molar-refractivity contribution in [3.63, 3.8) is 0 Å². The van der Waals surface area contributed by atoms with Crippen molar-refractivity contribution in [1.82, 2.24) is 4.98 Å². The first kappa shape index (κ1) is 16.4. The fourth-order valence-corrected chi connectivity index (χ4v) is 1.51. The molecule has 23 heavy (non-hydrogen) atoms. The van der Waals surface area contributed by atoms with Crippen LogP contribution < -0.4 is 10.1 Å². The number of pyridine rings is 1. The van der Waals surface area contributed by atoms with Crippen molar-refractivity contribution in [2.24, 2.45) is 5.41 Å². The Kier molecular flexibility index (Phi) is 4.55. The topological polar surface area (TPSA) is 75.0 Å². The van der Waals surface area contributed by atoms with E-state index in [0.717, 1.165) is 12.1 Å². The van der Waals surface area contributed by atoms with E-state index in [0.29, 0.717) is 0 Å². The highest BCUT2D eigenvalue weighted by atomic mass is 19.2. The Bertz CT molecular complexity index is 768. The second-order valence-electron chi connectivity index (χ2n) is 5.25. The van der Waals surface area contributed by atoms with Crippen LogP contribution in [0.25, 0.3) is 0 Å². The van der Waals surface area contributed by atoms with Crippen LogP contribution in [0.1, 0.15) is 13.8 Å². The molecule has 2 rings (SSSR count). The number of halogens is 2. The highest BCUT2D eigenvalue weighted by molar-refractivity contribution is 5.95. The van der Waals surface area contributed by atoms with Crippen LogP contribution in [0.15, 0.2) is 36.5 Å². The number of carbonyl (C=O) groups is 1. The molecule has 1 amide bonds. The number of anilines is 1. The third kappa shape index (κ3) is 4.01. The van der Waals surface area contributed by atoms with Gasteiger partial charge in [-0.25, -0.2) is 13.8 Å². The first-order chi connectivity index (χ1) is 10.8. The first-order valence-electron chi connectivity index (χ1n) is 6.63. The number of hydrogen-bond donors (Lipinski definition) is 1. The van der Waals surface area contributed by atoms with Crippen LogP contribution in [0.2, 0.25) is 0 Å². The van der Waals surface area contributed by atoms with Gasteiger partial charge in [0.1, 0.15) is 22.7 Å². The van der Waals surface area contributed by atoms with Crippen LogP contribution in [0, 0.1) is 28.4 Å². The van der Waals surface area contributed by atoms with Crippen LogP contribution in [0.3, 0.4) is 0 Å². The Balaban J connectivity index is 2.06. The predicted molar refractivity (Wildman–Crippen MR) is 78.7 cm³/mol. The minimum Gasteiger partial charge on any atom is -0.456 e. The summed E-state index contributed by atoms with van der Waals surface area (Å²) in [4.78, 5) is 15.8. The maximum Gasteiger partial charge on any atom is 0.245 e. The summed E-state index contributed by atoms with van der Waals surface area (Å²) in [5.41, 5.74) is -1.18. The van der Waals surface area contributed by atoms with Gasteiger partial charge in [0.2, 0.25) is 5.91 Å². The number of carbonyl (C=O) groups excluding carboxylic acids is 1. The molecule has 2 aromatic rings.